The highest BCUT2D eigenvalue weighted by Crippen LogP contribution is 2.42. The first kappa shape index (κ1) is 22.6. The lowest BCUT2D eigenvalue weighted by atomic mass is 9.85. The first-order valence-corrected chi connectivity index (χ1v) is 11.3. The minimum Gasteiger partial charge on any atom is -0.326 e. The Labute approximate surface area is 194 Å². The van der Waals surface area contributed by atoms with Crippen molar-refractivity contribution in [1.82, 2.24) is 4.98 Å². The maximum Gasteiger partial charge on any atom is 0.236 e. The van der Waals surface area contributed by atoms with Gasteiger partial charge in [-0.3, -0.25) is 14.4 Å². The number of rotatable bonds is 6. The van der Waals surface area contributed by atoms with Gasteiger partial charge in [0.05, 0.1) is 11.1 Å². The van der Waals surface area contributed by atoms with E-state index in [1.807, 2.05) is 37.4 Å². The first-order valence-electron chi connectivity index (χ1n) is 10.4. The standard InChI is InChI=1S/C24H23FN4O3S/c1-24(2)17-12-14(4-9-19(17)29(3)22(24)32)18-13-33-23(27-18)28-21(31)11-10-20(30)26-16-7-5-15(25)6-8-16/h4-9,12-13H,10-11H2,1-3H3,(H,26,30)(H,27,28,31). The van der Waals surface area contributed by atoms with Crippen molar-refractivity contribution >= 4 is 45.6 Å². The Kier molecular flexibility index (Phi) is 5.99. The molecule has 4 rings (SSSR count). The van der Waals surface area contributed by atoms with E-state index in [-0.39, 0.29) is 36.4 Å². The third-order valence-electron chi connectivity index (χ3n) is 5.62. The Balaban J connectivity index is 1.36. The molecule has 3 aromatic rings. The van der Waals surface area contributed by atoms with E-state index in [2.05, 4.69) is 15.6 Å². The van der Waals surface area contributed by atoms with Crippen molar-refractivity contribution in [3.8, 4) is 11.3 Å². The predicted molar refractivity (Wildman–Crippen MR) is 127 cm³/mol. The molecule has 1 aliphatic rings. The van der Waals surface area contributed by atoms with Crippen LogP contribution in [0.1, 0.15) is 32.3 Å². The van der Waals surface area contributed by atoms with Crippen molar-refractivity contribution in [3.63, 3.8) is 0 Å². The molecular formula is C24H23FN4O3S. The van der Waals surface area contributed by atoms with Crippen LogP contribution in [0.4, 0.5) is 20.9 Å². The van der Waals surface area contributed by atoms with Crippen LogP contribution in [0.5, 0.6) is 0 Å². The van der Waals surface area contributed by atoms with Crippen LogP contribution in [0.3, 0.4) is 0 Å². The number of fused-ring (bicyclic) bond motifs is 1. The Morgan fingerprint density at radius 1 is 1.06 bits per heavy atom. The van der Waals surface area contributed by atoms with E-state index in [1.54, 1.807) is 11.9 Å². The number of hydrogen-bond donors (Lipinski definition) is 2. The zero-order valence-corrected chi connectivity index (χ0v) is 19.3. The molecule has 7 nitrogen and oxygen atoms in total. The highest BCUT2D eigenvalue weighted by Gasteiger charge is 2.42. The van der Waals surface area contributed by atoms with E-state index in [0.717, 1.165) is 16.8 Å². The Morgan fingerprint density at radius 3 is 2.42 bits per heavy atom. The molecule has 2 N–H and O–H groups in total. The fourth-order valence-electron chi connectivity index (χ4n) is 3.76. The van der Waals surface area contributed by atoms with Gasteiger partial charge in [0, 0.05) is 42.2 Å². The second-order valence-electron chi connectivity index (χ2n) is 8.36. The van der Waals surface area contributed by atoms with Gasteiger partial charge in [-0.25, -0.2) is 9.37 Å². The van der Waals surface area contributed by atoms with E-state index in [0.29, 0.717) is 16.5 Å². The molecule has 0 unspecified atom stereocenters. The molecule has 3 amide bonds. The molecule has 0 spiro atoms. The summed E-state index contributed by atoms with van der Waals surface area (Å²) in [6.07, 6.45) is -0.0215. The smallest absolute Gasteiger partial charge is 0.236 e. The highest BCUT2D eigenvalue weighted by molar-refractivity contribution is 7.14. The number of carbonyl (C=O) groups excluding carboxylic acids is 3. The van der Waals surface area contributed by atoms with E-state index >= 15 is 0 Å². The summed E-state index contributed by atoms with van der Waals surface area (Å²) in [7, 11) is 1.77. The second-order valence-corrected chi connectivity index (χ2v) is 9.22. The number of nitrogens with zero attached hydrogens (tertiary/aromatic N) is 2. The van der Waals surface area contributed by atoms with Crippen LogP contribution in [-0.2, 0) is 19.8 Å². The molecule has 33 heavy (non-hydrogen) atoms. The van der Waals surface area contributed by atoms with Crippen LogP contribution in [0.25, 0.3) is 11.3 Å². The van der Waals surface area contributed by atoms with Gasteiger partial charge < -0.3 is 15.5 Å². The van der Waals surface area contributed by atoms with Gasteiger partial charge in [-0.2, -0.15) is 0 Å². The summed E-state index contributed by atoms with van der Waals surface area (Å²) < 4.78 is 12.9. The fraction of sp³-hybridized carbons (Fsp3) is 0.250. The summed E-state index contributed by atoms with van der Waals surface area (Å²) in [6.45, 7) is 3.81. The number of halogens is 1. The molecule has 0 radical (unpaired) electrons. The van der Waals surface area contributed by atoms with Crippen molar-refractivity contribution < 1.29 is 18.8 Å². The lowest BCUT2D eigenvalue weighted by Gasteiger charge is -2.16. The van der Waals surface area contributed by atoms with Gasteiger partial charge in [-0.15, -0.1) is 11.3 Å². The van der Waals surface area contributed by atoms with E-state index in [9.17, 15) is 18.8 Å². The van der Waals surface area contributed by atoms with Crippen molar-refractivity contribution in [2.45, 2.75) is 32.1 Å². The Morgan fingerprint density at radius 2 is 1.73 bits per heavy atom. The van der Waals surface area contributed by atoms with Crippen molar-refractivity contribution in [2.75, 3.05) is 22.6 Å². The quantitative estimate of drug-likeness (QED) is 0.557. The van der Waals surface area contributed by atoms with Gasteiger partial charge in [0.1, 0.15) is 5.82 Å². The maximum absolute atomic E-state index is 12.9. The minimum atomic E-state index is -0.609. The Hall–Kier alpha value is -3.59. The largest absolute Gasteiger partial charge is 0.326 e. The molecule has 1 aliphatic heterocycles. The number of amides is 3. The molecule has 0 atom stereocenters. The highest BCUT2D eigenvalue weighted by atomic mass is 32.1. The van der Waals surface area contributed by atoms with Gasteiger partial charge in [-0.05, 0) is 55.8 Å². The molecule has 0 bridgehead atoms. The summed E-state index contributed by atoms with van der Waals surface area (Å²) in [4.78, 5) is 42.9. The number of nitrogens with one attached hydrogen (secondary N) is 2. The third-order valence-corrected chi connectivity index (χ3v) is 6.38. The van der Waals surface area contributed by atoms with Crippen molar-refractivity contribution in [1.29, 1.82) is 0 Å². The van der Waals surface area contributed by atoms with Gasteiger partial charge in [0.15, 0.2) is 5.13 Å². The average molecular weight is 467 g/mol. The van der Waals surface area contributed by atoms with Crippen LogP contribution < -0.4 is 15.5 Å². The van der Waals surface area contributed by atoms with E-state index in [1.165, 1.54) is 35.6 Å². The Bertz CT molecular complexity index is 1240. The zero-order chi connectivity index (χ0) is 23.8. The van der Waals surface area contributed by atoms with Gasteiger partial charge in [-0.1, -0.05) is 6.07 Å². The van der Waals surface area contributed by atoms with Gasteiger partial charge in [0.25, 0.3) is 0 Å². The monoisotopic (exact) mass is 466 g/mol. The average Bonchev–Trinajstić information content (AvgIpc) is 3.31. The van der Waals surface area contributed by atoms with Gasteiger partial charge in [0.2, 0.25) is 17.7 Å². The third kappa shape index (κ3) is 4.63. The molecule has 9 heteroatoms. The number of benzene rings is 2. The number of carbonyl (C=O) groups is 3. The van der Waals surface area contributed by atoms with Crippen LogP contribution in [0.15, 0.2) is 47.8 Å². The number of hydrogen-bond acceptors (Lipinski definition) is 5. The summed E-state index contributed by atoms with van der Waals surface area (Å²) in [5.41, 5.74) is 3.25. The SMILES string of the molecule is CN1C(=O)C(C)(C)c2cc(-c3csc(NC(=O)CCC(=O)Nc4ccc(F)cc4)n3)ccc21. The lowest BCUT2D eigenvalue weighted by molar-refractivity contribution is -0.121. The summed E-state index contributed by atoms with van der Waals surface area (Å²) in [5, 5.41) is 7.61. The maximum atomic E-state index is 12.9. The first-order chi connectivity index (χ1) is 15.6. The zero-order valence-electron chi connectivity index (χ0n) is 18.4. The minimum absolute atomic E-state index is 0.0105. The molecule has 2 aromatic carbocycles. The molecule has 170 valence electrons. The van der Waals surface area contributed by atoms with Crippen LogP contribution >= 0.6 is 11.3 Å². The fourth-order valence-corrected chi connectivity index (χ4v) is 4.50. The van der Waals surface area contributed by atoms with Crippen molar-refractivity contribution in [3.05, 3.63) is 59.2 Å². The summed E-state index contributed by atoms with van der Waals surface area (Å²) in [6, 6.07) is 11.2. The summed E-state index contributed by atoms with van der Waals surface area (Å²) >= 11 is 1.29. The topological polar surface area (TPSA) is 91.4 Å². The number of aromatic nitrogens is 1. The van der Waals surface area contributed by atoms with Crippen molar-refractivity contribution in [2.24, 2.45) is 0 Å². The lowest BCUT2D eigenvalue weighted by Crippen LogP contribution is -2.33. The molecule has 2 heterocycles. The number of likely N-dealkylation sites (N-methyl/N-ethyl adjacent to an activating group) is 1. The van der Waals surface area contributed by atoms with Crippen LogP contribution in [-0.4, -0.2) is 29.8 Å². The molecule has 1 aromatic heterocycles. The predicted octanol–water partition coefficient (Wildman–Crippen LogP) is 4.56. The molecule has 0 aliphatic carbocycles. The number of thiazole rings is 1. The number of anilines is 3. The molecule has 0 fully saturated rings. The molecule has 0 saturated heterocycles. The van der Waals surface area contributed by atoms with Crippen LogP contribution in [0.2, 0.25) is 0 Å². The molecule has 0 saturated carbocycles. The van der Waals surface area contributed by atoms with E-state index < -0.39 is 5.41 Å². The summed E-state index contributed by atoms with van der Waals surface area (Å²) in [5.74, 6) is -1.01. The second kappa shape index (κ2) is 8.74. The normalized spacial score (nSPS) is 14.2. The van der Waals surface area contributed by atoms with E-state index in [4.69, 9.17) is 0 Å². The van der Waals surface area contributed by atoms with Gasteiger partial charge >= 0.3 is 0 Å². The van der Waals surface area contributed by atoms with Crippen LogP contribution in [0, 0.1) is 5.82 Å². The molecular weight excluding hydrogens is 443 g/mol.